The molecule has 3 N–H and O–H groups in total. The molecule has 0 aromatic heterocycles. The minimum atomic E-state index is -0.213. The fourth-order valence-electron chi connectivity index (χ4n) is 1.76. The van der Waals surface area contributed by atoms with Crippen molar-refractivity contribution in [3.05, 3.63) is 71.0 Å². The van der Waals surface area contributed by atoms with Gasteiger partial charge in [0.15, 0.2) is 0 Å². The first-order valence-electron chi connectivity index (χ1n) is 7.08. The van der Waals surface area contributed by atoms with Gasteiger partial charge in [-0.15, -0.1) is 0 Å². The minimum Gasteiger partial charge on any atom is -0.317 e. The van der Waals surface area contributed by atoms with Gasteiger partial charge in [0.1, 0.15) is 12.1 Å². The monoisotopic (exact) mass is 336 g/mol. The van der Waals surface area contributed by atoms with Crippen LogP contribution in [0.1, 0.15) is 34.5 Å². The highest BCUT2D eigenvalue weighted by Crippen LogP contribution is 2.18. The van der Waals surface area contributed by atoms with Gasteiger partial charge in [-0.2, -0.15) is 0 Å². The smallest absolute Gasteiger partial charge is 0.150 e. The van der Waals surface area contributed by atoms with Crippen molar-refractivity contribution in [3.63, 3.8) is 0 Å². The van der Waals surface area contributed by atoms with Crippen LogP contribution in [0.5, 0.6) is 0 Å². The topological polar surface area (TPSA) is 61.4 Å². The average molecular weight is 336 g/mol. The van der Waals surface area contributed by atoms with Gasteiger partial charge in [0.05, 0.1) is 0 Å². The van der Waals surface area contributed by atoms with Crippen LogP contribution in [0.4, 0.5) is 4.39 Å². The second kappa shape index (κ2) is 10.9. The summed E-state index contributed by atoms with van der Waals surface area (Å²) in [7, 11) is 1.43. The maximum absolute atomic E-state index is 12.8. The van der Waals surface area contributed by atoms with E-state index < -0.39 is 0 Å². The maximum atomic E-state index is 12.8. The third-order valence-electron chi connectivity index (χ3n) is 2.98. The van der Waals surface area contributed by atoms with E-state index in [4.69, 9.17) is 5.21 Å². The molecule has 0 bridgehead atoms. The molecule has 0 saturated carbocycles. The lowest BCUT2D eigenvalue weighted by molar-refractivity contribution is 0.112. The zero-order valence-electron chi connectivity index (χ0n) is 13.1. The van der Waals surface area contributed by atoms with E-state index in [2.05, 4.69) is 11.6 Å². The van der Waals surface area contributed by atoms with Gasteiger partial charge < -0.3 is 5.21 Å². The van der Waals surface area contributed by atoms with E-state index in [1.165, 1.54) is 19.2 Å². The molecule has 0 aliphatic heterocycles. The van der Waals surface area contributed by atoms with Gasteiger partial charge in [0.2, 0.25) is 0 Å². The normalized spacial score (nSPS) is 11.3. The molecule has 1 unspecified atom stereocenters. The highest BCUT2D eigenvalue weighted by molar-refractivity contribution is 7.96. The van der Waals surface area contributed by atoms with Crippen LogP contribution in [0.2, 0.25) is 0 Å². The number of hydrogen-bond donors (Lipinski definition) is 3. The van der Waals surface area contributed by atoms with Crippen molar-refractivity contribution in [2.24, 2.45) is 0 Å². The Morgan fingerprint density at radius 1 is 1.17 bits per heavy atom. The molecule has 6 heteroatoms. The van der Waals surface area contributed by atoms with Crippen molar-refractivity contribution in [2.45, 2.75) is 18.7 Å². The molecule has 0 saturated heterocycles. The number of rotatable bonds is 6. The fraction of sp³-hybridized carbons (Fsp3) is 0.235. The van der Waals surface area contributed by atoms with E-state index in [0.29, 0.717) is 5.56 Å². The number of carbonyl (C=O) groups is 1. The van der Waals surface area contributed by atoms with Crippen LogP contribution < -0.4 is 10.2 Å². The number of nitrogens with one attached hydrogen (secondary N) is 2. The van der Waals surface area contributed by atoms with Crippen LogP contribution in [0.3, 0.4) is 0 Å². The van der Waals surface area contributed by atoms with Gasteiger partial charge >= 0.3 is 0 Å². The third kappa shape index (κ3) is 7.38. The van der Waals surface area contributed by atoms with Gasteiger partial charge in [-0.05, 0) is 30.2 Å². The first kappa shape index (κ1) is 19.3. The Hall–Kier alpha value is -1.73. The van der Waals surface area contributed by atoms with Crippen molar-refractivity contribution < 1.29 is 14.4 Å². The number of benzene rings is 2. The first-order valence-corrected chi connectivity index (χ1v) is 8.07. The Balaban J connectivity index is 0.000000816. The minimum absolute atomic E-state index is 0.182. The highest BCUT2D eigenvalue weighted by atomic mass is 32.2. The Bertz CT molecular complexity index is 576. The Morgan fingerprint density at radius 3 is 2.26 bits per heavy atom. The lowest BCUT2D eigenvalue weighted by atomic mass is 10.1. The lowest BCUT2D eigenvalue weighted by Crippen LogP contribution is -2.10. The average Bonchev–Trinajstić information content (AvgIpc) is 2.57. The quantitative estimate of drug-likeness (QED) is 0.426. The molecule has 0 spiro atoms. The number of carbonyl (C=O) groups excluding carboxylic acids is 1. The molecule has 1 atom stereocenters. The van der Waals surface area contributed by atoms with Crippen LogP contribution in [-0.4, -0.2) is 18.5 Å². The molecule has 124 valence electrons. The van der Waals surface area contributed by atoms with E-state index in [0.717, 1.165) is 23.2 Å². The number of hydrogen-bond acceptors (Lipinski definition) is 5. The van der Waals surface area contributed by atoms with Gasteiger partial charge in [-0.25, -0.2) is 9.87 Å². The molecule has 0 fully saturated rings. The van der Waals surface area contributed by atoms with E-state index in [1.54, 1.807) is 29.6 Å². The molecule has 0 aliphatic carbocycles. The van der Waals surface area contributed by atoms with Crippen LogP contribution in [0, 0.1) is 5.82 Å². The van der Waals surface area contributed by atoms with Crippen LogP contribution in [0.15, 0.2) is 48.5 Å². The first-order chi connectivity index (χ1) is 11.1. The Labute approximate surface area is 140 Å². The van der Waals surface area contributed by atoms with E-state index in [9.17, 15) is 9.18 Å². The molecule has 0 heterocycles. The standard InChI is InChI=1S/C16H16FNOS.CH5NO/c1-12(15-6-2-13(10-19)3-7-15)18-20-11-14-4-8-16(17)9-5-14;1-2-3/h2-10,12,18H,11H2,1H3;2-3H,1H3. The molecule has 0 aliphatic rings. The summed E-state index contributed by atoms with van der Waals surface area (Å²) in [5, 5.41) is 7.32. The molecule has 0 amide bonds. The number of halogens is 1. The van der Waals surface area contributed by atoms with Crippen molar-refractivity contribution in [3.8, 4) is 0 Å². The van der Waals surface area contributed by atoms with Crippen molar-refractivity contribution >= 4 is 18.2 Å². The molecule has 2 aromatic rings. The summed E-state index contributed by atoms with van der Waals surface area (Å²) in [6.07, 6.45) is 0.838. The van der Waals surface area contributed by atoms with Gasteiger partial charge in [-0.3, -0.25) is 9.52 Å². The molecule has 4 nitrogen and oxygen atoms in total. The van der Waals surface area contributed by atoms with Gasteiger partial charge in [0, 0.05) is 24.4 Å². The van der Waals surface area contributed by atoms with Crippen molar-refractivity contribution in [2.75, 3.05) is 7.05 Å². The second-order valence-electron chi connectivity index (χ2n) is 4.76. The van der Waals surface area contributed by atoms with Crippen molar-refractivity contribution in [1.29, 1.82) is 0 Å². The predicted octanol–water partition coefficient (Wildman–Crippen LogP) is 3.73. The SMILES string of the molecule is CC(NSCc1ccc(F)cc1)c1ccc(C=O)cc1.CNO. The lowest BCUT2D eigenvalue weighted by Gasteiger charge is -2.13. The summed E-state index contributed by atoms with van der Waals surface area (Å²) in [5.74, 6) is 0.562. The maximum Gasteiger partial charge on any atom is 0.150 e. The summed E-state index contributed by atoms with van der Waals surface area (Å²) in [5.41, 5.74) is 4.63. The summed E-state index contributed by atoms with van der Waals surface area (Å²) in [6.45, 7) is 2.06. The molecule has 23 heavy (non-hydrogen) atoms. The van der Waals surface area contributed by atoms with Gasteiger partial charge in [0.25, 0.3) is 0 Å². The second-order valence-corrected chi connectivity index (χ2v) is 5.58. The summed E-state index contributed by atoms with van der Waals surface area (Å²) >= 11 is 1.58. The third-order valence-corrected chi connectivity index (χ3v) is 3.98. The number of aldehydes is 1. The zero-order chi connectivity index (χ0) is 17.1. The van der Waals surface area contributed by atoms with E-state index in [1.807, 2.05) is 24.3 Å². The highest BCUT2D eigenvalue weighted by Gasteiger charge is 2.05. The zero-order valence-corrected chi connectivity index (χ0v) is 13.9. The van der Waals surface area contributed by atoms with Crippen LogP contribution >= 0.6 is 11.9 Å². The molecule has 0 radical (unpaired) electrons. The van der Waals surface area contributed by atoms with Crippen LogP contribution in [-0.2, 0) is 5.75 Å². The van der Waals surface area contributed by atoms with Crippen molar-refractivity contribution in [1.82, 2.24) is 10.2 Å². The number of hydroxylamine groups is 1. The van der Waals surface area contributed by atoms with Gasteiger partial charge in [-0.1, -0.05) is 48.3 Å². The summed E-state index contributed by atoms with van der Waals surface area (Å²) in [4.78, 5) is 10.6. The molecular formula is C17H21FN2O2S. The predicted molar refractivity (Wildman–Crippen MR) is 91.9 cm³/mol. The molecular weight excluding hydrogens is 315 g/mol. The fourth-order valence-corrected chi connectivity index (χ4v) is 2.59. The Kier molecular flexibility index (Phi) is 9.16. The molecule has 2 aromatic carbocycles. The molecule has 2 rings (SSSR count). The van der Waals surface area contributed by atoms with E-state index in [-0.39, 0.29) is 11.9 Å². The van der Waals surface area contributed by atoms with E-state index >= 15 is 0 Å². The Morgan fingerprint density at radius 2 is 1.74 bits per heavy atom. The summed E-state index contributed by atoms with van der Waals surface area (Å²) in [6, 6.07) is 14.2. The van der Waals surface area contributed by atoms with Crippen LogP contribution in [0.25, 0.3) is 0 Å². The largest absolute Gasteiger partial charge is 0.317 e. The summed E-state index contributed by atoms with van der Waals surface area (Å²) < 4.78 is 16.1.